The molecular weight excluding hydrogens is 480 g/mol. The third-order valence-corrected chi connectivity index (χ3v) is 10.7. The summed E-state index contributed by atoms with van der Waals surface area (Å²) in [7, 11) is -4.86. The normalized spacial score (nSPS) is 19.8. The first-order valence-corrected chi connectivity index (χ1v) is 18.3. The Hall–Kier alpha value is -1.75. The van der Waals surface area contributed by atoms with E-state index in [0.717, 1.165) is 56.7 Å². The summed E-state index contributed by atoms with van der Waals surface area (Å²) in [6.45, 7) is 8.84. The monoisotopic (exact) mass is 518 g/mol. The first-order valence-electron chi connectivity index (χ1n) is 13.0. The van der Waals surface area contributed by atoms with Crippen molar-refractivity contribution in [2.75, 3.05) is 30.9 Å². The second-order valence-corrected chi connectivity index (χ2v) is 19.0. The molecule has 0 amide bonds. The van der Waals surface area contributed by atoms with Crippen molar-refractivity contribution in [2.24, 2.45) is 5.92 Å². The Morgan fingerprint density at radius 3 is 2.49 bits per heavy atom. The maximum atomic E-state index is 13.2. The second-order valence-electron chi connectivity index (χ2n) is 11.4. The van der Waals surface area contributed by atoms with E-state index in [0.29, 0.717) is 25.8 Å². The molecule has 2 heterocycles. The third kappa shape index (κ3) is 5.65. The highest BCUT2D eigenvalue weighted by molar-refractivity contribution is 7.91. The Morgan fingerprint density at radius 1 is 1.14 bits per heavy atom. The van der Waals surface area contributed by atoms with Gasteiger partial charge in [0.1, 0.15) is 6.73 Å². The summed E-state index contributed by atoms with van der Waals surface area (Å²) in [6.07, 6.45) is 7.36. The van der Waals surface area contributed by atoms with Crippen LogP contribution in [0.3, 0.4) is 0 Å². The van der Waals surface area contributed by atoms with E-state index in [9.17, 15) is 8.42 Å². The fourth-order valence-corrected chi connectivity index (χ4v) is 7.58. The van der Waals surface area contributed by atoms with Crippen LogP contribution in [0, 0.1) is 5.92 Å². The average molecular weight is 519 g/mol. The van der Waals surface area contributed by atoms with Crippen molar-refractivity contribution in [3.8, 4) is 0 Å². The quantitative estimate of drug-likeness (QED) is 0.373. The van der Waals surface area contributed by atoms with Gasteiger partial charge in [0.2, 0.25) is 15.8 Å². The van der Waals surface area contributed by atoms with Crippen LogP contribution in [-0.2, 0) is 51.7 Å². The molecule has 0 radical (unpaired) electrons. The van der Waals surface area contributed by atoms with Crippen molar-refractivity contribution >= 4 is 29.5 Å². The van der Waals surface area contributed by atoms with Gasteiger partial charge >= 0.3 is 0 Å². The van der Waals surface area contributed by atoms with Crippen LogP contribution in [0.2, 0.25) is 25.7 Å². The van der Waals surface area contributed by atoms with Crippen molar-refractivity contribution in [1.82, 2.24) is 14.8 Å². The Bertz CT molecular complexity index is 1150. The second kappa shape index (κ2) is 9.95. The van der Waals surface area contributed by atoms with Gasteiger partial charge in [0.15, 0.2) is 0 Å². The first-order chi connectivity index (χ1) is 16.7. The predicted octanol–water partition coefficient (Wildman–Crippen LogP) is 4.12. The minimum atomic E-state index is -3.63. The molecular formula is C25H38N4O4SSi. The molecule has 1 aliphatic heterocycles. The number of aromatic nitrogens is 3. The molecule has 1 unspecified atom stereocenters. The molecule has 1 atom stereocenters. The first kappa shape index (κ1) is 24.9. The van der Waals surface area contributed by atoms with Crippen LogP contribution in [0.15, 0.2) is 11.2 Å². The number of nitrogens with zero attached hydrogens (tertiary/aromatic N) is 3. The average Bonchev–Trinajstić information content (AvgIpc) is 3.57. The van der Waals surface area contributed by atoms with E-state index in [1.54, 1.807) is 4.68 Å². The molecule has 3 aliphatic rings. The van der Waals surface area contributed by atoms with Gasteiger partial charge in [-0.1, -0.05) is 25.7 Å². The van der Waals surface area contributed by atoms with Crippen LogP contribution in [0.5, 0.6) is 0 Å². The van der Waals surface area contributed by atoms with Gasteiger partial charge in [-0.3, -0.25) is 0 Å². The van der Waals surface area contributed by atoms with E-state index in [2.05, 4.69) is 41.1 Å². The molecule has 8 nitrogen and oxygen atoms in total. The number of benzene rings is 1. The molecule has 1 fully saturated rings. The molecule has 1 saturated heterocycles. The van der Waals surface area contributed by atoms with Crippen molar-refractivity contribution in [3.63, 3.8) is 0 Å². The molecule has 1 aromatic heterocycles. The smallest absolute Gasteiger partial charge is 0.268 e. The zero-order valence-electron chi connectivity index (χ0n) is 21.2. The zero-order chi connectivity index (χ0) is 24.6. The van der Waals surface area contributed by atoms with Gasteiger partial charge in [-0.15, -0.1) is 5.10 Å². The Balaban J connectivity index is 1.44. The fraction of sp³-hybridized carbons (Fsp3) is 0.680. The molecule has 5 rings (SSSR count). The molecule has 192 valence electrons. The number of anilines is 2. The number of aryl methyl sites for hydroxylation is 2. The van der Waals surface area contributed by atoms with Crippen LogP contribution in [0.1, 0.15) is 41.5 Å². The van der Waals surface area contributed by atoms with Gasteiger partial charge in [-0.25, -0.2) is 13.1 Å². The lowest BCUT2D eigenvalue weighted by molar-refractivity contribution is 0.0792. The fourth-order valence-electron chi connectivity index (χ4n) is 5.34. The highest BCUT2D eigenvalue weighted by Crippen LogP contribution is 2.39. The van der Waals surface area contributed by atoms with Crippen molar-refractivity contribution in [3.05, 3.63) is 28.3 Å². The number of hydrogen-bond donors (Lipinski definition) is 1. The van der Waals surface area contributed by atoms with Gasteiger partial charge in [-0.05, 0) is 79.2 Å². The molecule has 1 N–H and O–H groups in total. The number of ether oxygens (including phenoxy) is 2. The lowest BCUT2D eigenvalue weighted by Gasteiger charge is -2.18. The number of rotatable bonds is 10. The molecule has 1 aromatic carbocycles. The number of nitrogens with one attached hydrogen (secondary N) is 1. The van der Waals surface area contributed by atoms with Crippen LogP contribution in [0.4, 0.5) is 11.6 Å². The SMILES string of the molecule is C[Si](C)(C)CCOCn1nc(S(=O)(=O)CC2CCOC2)nc1Nc1c2c(cc3c1CCC3)CCC2. The minimum absolute atomic E-state index is 0.00276. The Morgan fingerprint density at radius 2 is 1.86 bits per heavy atom. The van der Waals surface area contributed by atoms with Crippen LogP contribution in [-0.4, -0.2) is 56.8 Å². The van der Waals surface area contributed by atoms with Gasteiger partial charge in [0.05, 0.1) is 12.4 Å². The van der Waals surface area contributed by atoms with Gasteiger partial charge in [-0.2, -0.15) is 4.98 Å². The predicted molar refractivity (Wildman–Crippen MR) is 139 cm³/mol. The maximum absolute atomic E-state index is 13.2. The van der Waals surface area contributed by atoms with Gasteiger partial charge in [0.25, 0.3) is 5.16 Å². The highest BCUT2D eigenvalue weighted by Gasteiger charge is 2.30. The molecule has 0 spiro atoms. The van der Waals surface area contributed by atoms with E-state index >= 15 is 0 Å². The van der Waals surface area contributed by atoms with Gasteiger partial charge in [0, 0.05) is 27.0 Å². The molecule has 0 bridgehead atoms. The summed E-state index contributed by atoms with van der Waals surface area (Å²) in [5.74, 6) is 0.467. The van der Waals surface area contributed by atoms with E-state index in [-0.39, 0.29) is 23.6 Å². The topological polar surface area (TPSA) is 95.3 Å². The maximum Gasteiger partial charge on any atom is 0.268 e. The van der Waals surface area contributed by atoms with Crippen LogP contribution in [0.25, 0.3) is 0 Å². The van der Waals surface area contributed by atoms with E-state index < -0.39 is 17.9 Å². The molecule has 2 aliphatic carbocycles. The van der Waals surface area contributed by atoms with Gasteiger partial charge < -0.3 is 14.8 Å². The molecule has 35 heavy (non-hydrogen) atoms. The Kier molecular flexibility index (Phi) is 7.09. The number of hydrogen-bond acceptors (Lipinski definition) is 7. The summed E-state index contributed by atoms with van der Waals surface area (Å²) in [4.78, 5) is 4.54. The minimum Gasteiger partial charge on any atom is -0.381 e. The summed E-state index contributed by atoms with van der Waals surface area (Å²) in [6, 6.07) is 3.43. The molecule has 2 aromatic rings. The zero-order valence-corrected chi connectivity index (χ0v) is 23.0. The lowest BCUT2D eigenvalue weighted by Crippen LogP contribution is -2.22. The Labute approximate surface area is 209 Å². The van der Waals surface area contributed by atoms with E-state index in [4.69, 9.17) is 9.47 Å². The largest absolute Gasteiger partial charge is 0.381 e. The van der Waals surface area contributed by atoms with Crippen molar-refractivity contribution in [1.29, 1.82) is 0 Å². The van der Waals surface area contributed by atoms with Crippen molar-refractivity contribution < 1.29 is 17.9 Å². The molecule has 0 saturated carbocycles. The van der Waals surface area contributed by atoms with Crippen LogP contribution < -0.4 is 5.32 Å². The third-order valence-electron chi connectivity index (χ3n) is 7.33. The van der Waals surface area contributed by atoms with E-state index in [1.165, 1.54) is 22.3 Å². The summed E-state index contributed by atoms with van der Waals surface area (Å²) in [5.41, 5.74) is 6.66. The summed E-state index contributed by atoms with van der Waals surface area (Å²) >= 11 is 0. The van der Waals surface area contributed by atoms with Crippen LogP contribution >= 0.6 is 0 Å². The number of sulfone groups is 1. The summed E-state index contributed by atoms with van der Waals surface area (Å²) < 4.78 is 39.3. The highest BCUT2D eigenvalue weighted by atomic mass is 32.2. The molecule has 10 heteroatoms. The summed E-state index contributed by atoms with van der Waals surface area (Å²) in [5, 5.41) is 7.87. The number of fused-ring (bicyclic) bond motifs is 2. The lowest BCUT2D eigenvalue weighted by atomic mass is 9.99. The van der Waals surface area contributed by atoms with E-state index in [1.807, 2.05) is 0 Å². The van der Waals surface area contributed by atoms with Crippen molar-refractivity contribution in [2.45, 2.75) is 82.5 Å². The standard InChI is InChI=1S/C25H38N4O4SSi/c1-35(2,3)13-12-33-17-29-24(27-25(28-29)34(30,31)16-18-10-11-32-15-18)26-23-21-8-4-6-19(21)14-20-7-5-9-22(20)23/h14,18H,4-13,15-17H2,1-3H3,(H,26,27,28).